The number of rotatable bonds is 6. The number of halogens is 3. The van der Waals surface area contributed by atoms with Crippen molar-refractivity contribution in [1.29, 1.82) is 0 Å². The highest BCUT2D eigenvalue weighted by molar-refractivity contribution is 4.70. The van der Waals surface area contributed by atoms with Crippen molar-refractivity contribution in [2.24, 2.45) is 11.8 Å². The van der Waals surface area contributed by atoms with Gasteiger partial charge < -0.3 is 5.32 Å². The van der Waals surface area contributed by atoms with Crippen LogP contribution in [0.1, 0.15) is 51.9 Å². The quantitative estimate of drug-likeness (QED) is 0.700. The van der Waals surface area contributed by atoms with E-state index in [0.717, 1.165) is 24.8 Å². The molecule has 0 aliphatic heterocycles. The van der Waals surface area contributed by atoms with Gasteiger partial charge in [0.05, 0.1) is 0 Å². The molecule has 0 amide bonds. The first kappa shape index (κ1) is 14.8. The number of alkyl halides is 3. The van der Waals surface area contributed by atoms with Crippen LogP contribution in [-0.2, 0) is 0 Å². The van der Waals surface area contributed by atoms with Crippen molar-refractivity contribution in [3.8, 4) is 0 Å². The molecule has 0 aromatic rings. The molecule has 0 heterocycles. The lowest BCUT2D eigenvalue weighted by Gasteiger charge is -2.26. The van der Waals surface area contributed by atoms with Crippen LogP contribution in [0.2, 0.25) is 0 Å². The number of hydrogen-bond donors (Lipinski definition) is 1. The van der Waals surface area contributed by atoms with E-state index in [2.05, 4.69) is 12.2 Å². The van der Waals surface area contributed by atoms with E-state index in [4.69, 9.17) is 0 Å². The highest BCUT2D eigenvalue weighted by atomic mass is 19.4. The van der Waals surface area contributed by atoms with Crippen LogP contribution in [0, 0.1) is 11.8 Å². The van der Waals surface area contributed by atoms with Crippen molar-refractivity contribution in [2.45, 2.75) is 58.0 Å². The summed E-state index contributed by atoms with van der Waals surface area (Å²) in [5.74, 6) is 1.66. The van der Waals surface area contributed by atoms with E-state index in [1.165, 1.54) is 25.7 Å². The lowest BCUT2D eigenvalue weighted by molar-refractivity contribution is -0.135. The SMILES string of the molecule is CC1CCC(CCNCCCC(F)(F)F)CC1. The highest BCUT2D eigenvalue weighted by Gasteiger charge is 2.25. The van der Waals surface area contributed by atoms with Crippen LogP contribution >= 0.6 is 0 Å². The summed E-state index contributed by atoms with van der Waals surface area (Å²) in [4.78, 5) is 0. The summed E-state index contributed by atoms with van der Waals surface area (Å²) in [6, 6.07) is 0. The van der Waals surface area contributed by atoms with Crippen molar-refractivity contribution < 1.29 is 13.2 Å². The molecule has 1 aliphatic carbocycles. The van der Waals surface area contributed by atoms with Gasteiger partial charge in [0.2, 0.25) is 0 Å². The van der Waals surface area contributed by atoms with E-state index in [9.17, 15) is 13.2 Å². The standard InChI is InChI=1S/C13H24F3N/c1-11-3-5-12(6-4-11)7-10-17-9-2-8-13(14,15)16/h11-12,17H,2-10H2,1H3. The summed E-state index contributed by atoms with van der Waals surface area (Å²) in [6.45, 7) is 3.66. The van der Waals surface area contributed by atoms with Gasteiger partial charge in [-0.3, -0.25) is 0 Å². The summed E-state index contributed by atoms with van der Waals surface area (Å²) in [5.41, 5.74) is 0. The van der Waals surface area contributed by atoms with E-state index in [1.807, 2.05) is 0 Å². The average Bonchev–Trinajstić information content (AvgIpc) is 2.24. The topological polar surface area (TPSA) is 12.0 Å². The summed E-state index contributed by atoms with van der Waals surface area (Å²) in [7, 11) is 0. The van der Waals surface area contributed by atoms with Crippen molar-refractivity contribution in [2.75, 3.05) is 13.1 Å². The zero-order valence-electron chi connectivity index (χ0n) is 10.7. The Balaban J connectivity index is 1.91. The molecule has 0 aromatic heterocycles. The molecule has 1 fully saturated rings. The van der Waals surface area contributed by atoms with Gasteiger partial charge in [-0.2, -0.15) is 13.2 Å². The molecule has 1 saturated carbocycles. The molecule has 1 nitrogen and oxygen atoms in total. The molecule has 1 rings (SSSR count). The molecule has 0 atom stereocenters. The van der Waals surface area contributed by atoms with E-state index in [0.29, 0.717) is 6.54 Å². The van der Waals surface area contributed by atoms with Crippen LogP contribution in [0.3, 0.4) is 0 Å². The van der Waals surface area contributed by atoms with Crippen molar-refractivity contribution >= 4 is 0 Å². The van der Waals surface area contributed by atoms with Crippen LogP contribution in [0.25, 0.3) is 0 Å². The van der Waals surface area contributed by atoms with Gasteiger partial charge in [0.15, 0.2) is 0 Å². The lowest BCUT2D eigenvalue weighted by atomic mass is 9.81. The summed E-state index contributed by atoms with van der Waals surface area (Å²) < 4.78 is 35.6. The first-order chi connectivity index (χ1) is 7.97. The molecule has 17 heavy (non-hydrogen) atoms. The van der Waals surface area contributed by atoms with Crippen molar-refractivity contribution in [3.05, 3.63) is 0 Å². The van der Waals surface area contributed by atoms with Crippen LogP contribution in [-0.4, -0.2) is 19.3 Å². The minimum atomic E-state index is -4.00. The Morgan fingerprint density at radius 2 is 1.71 bits per heavy atom. The van der Waals surface area contributed by atoms with Crippen LogP contribution in [0.5, 0.6) is 0 Å². The molecule has 0 aromatic carbocycles. The van der Waals surface area contributed by atoms with E-state index in [-0.39, 0.29) is 6.42 Å². The van der Waals surface area contributed by atoms with Gasteiger partial charge in [-0.1, -0.05) is 32.6 Å². The van der Waals surface area contributed by atoms with Crippen LogP contribution in [0.4, 0.5) is 13.2 Å². The van der Waals surface area contributed by atoms with E-state index < -0.39 is 12.6 Å². The zero-order valence-corrected chi connectivity index (χ0v) is 10.7. The molecule has 1 aliphatic rings. The fraction of sp³-hybridized carbons (Fsp3) is 1.00. The van der Waals surface area contributed by atoms with Crippen LogP contribution < -0.4 is 5.32 Å². The Labute approximate surface area is 102 Å². The maximum absolute atomic E-state index is 11.9. The molecule has 0 bridgehead atoms. The Morgan fingerprint density at radius 1 is 1.06 bits per heavy atom. The van der Waals surface area contributed by atoms with E-state index >= 15 is 0 Å². The number of nitrogens with one attached hydrogen (secondary N) is 1. The first-order valence-corrected chi connectivity index (χ1v) is 6.75. The fourth-order valence-electron chi connectivity index (χ4n) is 2.46. The van der Waals surface area contributed by atoms with Gasteiger partial charge in [-0.05, 0) is 37.8 Å². The normalized spacial score (nSPS) is 26.1. The molecule has 1 N–H and O–H groups in total. The summed E-state index contributed by atoms with van der Waals surface area (Å²) in [6.07, 6.45) is 1.89. The molecule has 0 unspecified atom stereocenters. The highest BCUT2D eigenvalue weighted by Crippen LogP contribution is 2.29. The maximum atomic E-state index is 11.9. The molecule has 4 heteroatoms. The van der Waals surface area contributed by atoms with Gasteiger partial charge in [0.25, 0.3) is 0 Å². The largest absolute Gasteiger partial charge is 0.389 e. The molecular formula is C13H24F3N. The zero-order chi connectivity index (χ0) is 12.7. The van der Waals surface area contributed by atoms with Crippen LogP contribution in [0.15, 0.2) is 0 Å². The minimum Gasteiger partial charge on any atom is -0.317 e. The minimum absolute atomic E-state index is 0.200. The Morgan fingerprint density at radius 3 is 2.29 bits per heavy atom. The molecule has 0 spiro atoms. The molecule has 102 valence electrons. The van der Waals surface area contributed by atoms with Gasteiger partial charge in [-0.25, -0.2) is 0 Å². The van der Waals surface area contributed by atoms with Crippen molar-refractivity contribution in [1.82, 2.24) is 5.32 Å². The second kappa shape index (κ2) is 7.24. The average molecular weight is 251 g/mol. The second-order valence-corrected chi connectivity index (χ2v) is 5.38. The third-order valence-corrected chi connectivity index (χ3v) is 3.68. The summed E-state index contributed by atoms with van der Waals surface area (Å²) in [5, 5.41) is 3.12. The van der Waals surface area contributed by atoms with Crippen molar-refractivity contribution in [3.63, 3.8) is 0 Å². The van der Waals surface area contributed by atoms with Gasteiger partial charge in [0.1, 0.15) is 0 Å². The predicted molar refractivity (Wildman–Crippen MR) is 63.9 cm³/mol. The molecule has 0 radical (unpaired) electrons. The molecular weight excluding hydrogens is 227 g/mol. The van der Waals surface area contributed by atoms with Gasteiger partial charge >= 0.3 is 6.18 Å². The molecule has 0 saturated heterocycles. The number of hydrogen-bond acceptors (Lipinski definition) is 1. The second-order valence-electron chi connectivity index (χ2n) is 5.38. The third-order valence-electron chi connectivity index (χ3n) is 3.68. The maximum Gasteiger partial charge on any atom is 0.389 e. The fourth-order valence-corrected chi connectivity index (χ4v) is 2.46. The summed E-state index contributed by atoms with van der Waals surface area (Å²) >= 11 is 0. The smallest absolute Gasteiger partial charge is 0.317 e. The first-order valence-electron chi connectivity index (χ1n) is 6.75. The Kier molecular flexibility index (Phi) is 6.31. The monoisotopic (exact) mass is 251 g/mol. The van der Waals surface area contributed by atoms with Gasteiger partial charge in [-0.15, -0.1) is 0 Å². The van der Waals surface area contributed by atoms with Gasteiger partial charge in [0, 0.05) is 6.42 Å². The Bertz CT molecular complexity index is 195. The van der Waals surface area contributed by atoms with E-state index in [1.54, 1.807) is 0 Å². The lowest BCUT2D eigenvalue weighted by Crippen LogP contribution is -2.22. The third kappa shape index (κ3) is 7.63. The Hall–Kier alpha value is -0.250. The predicted octanol–water partition coefficient (Wildman–Crippen LogP) is 4.13.